The molecular weight excluding hydrogens is 376 g/mol. The lowest BCUT2D eigenvalue weighted by Gasteiger charge is -2.06. The van der Waals surface area contributed by atoms with Crippen LogP contribution in [0.15, 0.2) is 83.0 Å². The normalized spacial score (nSPS) is 11.4. The van der Waals surface area contributed by atoms with Crippen LogP contribution >= 0.6 is 0 Å². The minimum absolute atomic E-state index is 0.108. The number of sulfone groups is 1. The fourth-order valence-corrected chi connectivity index (χ4v) is 4.00. The van der Waals surface area contributed by atoms with Crippen LogP contribution in [0.4, 0.5) is 0 Å². The van der Waals surface area contributed by atoms with Crippen molar-refractivity contribution < 1.29 is 13.2 Å². The van der Waals surface area contributed by atoms with Gasteiger partial charge in [-0.3, -0.25) is 14.8 Å². The number of fused-ring (bicyclic) bond motifs is 1. The van der Waals surface area contributed by atoms with Crippen LogP contribution in [-0.4, -0.2) is 29.3 Å². The zero-order valence-corrected chi connectivity index (χ0v) is 15.5. The molecular formula is C20H16N4O3S. The minimum atomic E-state index is -3.61. The SMILES string of the molecule is O=C(NCc1ccc(S(=O)(=O)c2ccccc2)cn1)c1cc2cnccc2[nH]1. The number of benzene rings is 1. The lowest BCUT2D eigenvalue weighted by Crippen LogP contribution is -2.23. The van der Waals surface area contributed by atoms with Crippen molar-refractivity contribution in [3.8, 4) is 0 Å². The summed E-state index contributed by atoms with van der Waals surface area (Å²) in [7, 11) is -3.61. The van der Waals surface area contributed by atoms with E-state index in [9.17, 15) is 13.2 Å². The molecule has 0 atom stereocenters. The van der Waals surface area contributed by atoms with Gasteiger partial charge in [-0.05, 0) is 36.4 Å². The van der Waals surface area contributed by atoms with Gasteiger partial charge in [-0.15, -0.1) is 0 Å². The average Bonchev–Trinajstić information content (AvgIpc) is 3.17. The number of nitrogens with one attached hydrogen (secondary N) is 2. The maximum atomic E-state index is 12.6. The lowest BCUT2D eigenvalue weighted by atomic mass is 10.3. The van der Waals surface area contributed by atoms with E-state index in [1.165, 1.54) is 12.3 Å². The van der Waals surface area contributed by atoms with E-state index in [2.05, 4.69) is 20.3 Å². The zero-order valence-electron chi connectivity index (χ0n) is 14.7. The van der Waals surface area contributed by atoms with Gasteiger partial charge in [-0.2, -0.15) is 0 Å². The highest BCUT2D eigenvalue weighted by Gasteiger charge is 2.17. The Morgan fingerprint density at radius 3 is 2.54 bits per heavy atom. The van der Waals surface area contributed by atoms with Crippen LogP contribution in [0.2, 0.25) is 0 Å². The van der Waals surface area contributed by atoms with Crippen molar-refractivity contribution in [2.45, 2.75) is 16.3 Å². The number of amides is 1. The molecule has 0 bridgehead atoms. The molecule has 1 aromatic carbocycles. The number of aromatic amines is 1. The quantitative estimate of drug-likeness (QED) is 0.543. The molecule has 0 aliphatic carbocycles. The smallest absolute Gasteiger partial charge is 0.268 e. The molecule has 0 fully saturated rings. The van der Waals surface area contributed by atoms with Gasteiger partial charge in [-0.25, -0.2) is 8.42 Å². The Morgan fingerprint density at radius 1 is 1.00 bits per heavy atom. The summed E-state index contributed by atoms with van der Waals surface area (Å²) in [6.45, 7) is 0.179. The number of aromatic nitrogens is 3. The largest absolute Gasteiger partial charge is 0.350 e. The molecule has 0 spiro atoms. The predicted molar refractivity (Wildman–Crippen MR) is 103 cm³/mol. The highest BCUT2D eigenvalue weighted by atomic mass is 32.2. The molecule has 3 heterocycles. The monoisotopic (exact) mass is 392 g/mol. The molecule has 0 unspecified atom stereocenters. The second-order valence-corrected chi connectivity index (χ2v) is 8.08. The second kappa shape index (κ2) is 7.24. The maximum Gasteiger partial charge on any atom is 0.268 e. The number of nitrogens with zero attached hydrogens (tertiary/aromatic N) is 2. The Hall–Kier alpha value is -3.52. The fourth-order valence-electron chi connectivity index (χ4n) is 2.77. The number of pyridine rings is 2. The van der Waals surface area contributed by atoms with E-state index < -0.39 is 9.84 Å². The van der Waals surface area contributed by atoms with E-state index in [1.54, 1.807) is 60.9 Å². The van der Waals surface area contributed by atoms with Crippen molar-refractivity contribution in [3.05, 3.63) is 84.6 Å². The van der Waals surface area contributed by atoms with Crippen molar-refractivity contribution in [1.29, 1.82) is 0 Å². The van der Waals surface area contributed by atoms with Crippen LogP contribution in [0.5, 0.6) is 0 Å². The summed E-state index contributed by atoms with van der Waals surface area (Å²) in [6, 6.07) is 14.8. The molecule has 1 amide bonds. The van der Waals surface area contributed by atoms with Gasteiger partial charge in [0.2, 0.25) is 9.84 Å². The lowest BCUT2D eigenvalue weighted by molar-refractivity contribution is 0.0946. The number of carbonyl (C=O) groups excluding carboxylic acids is 1. The topological polar surface area (TPSA) is 105 Å². The minimum Gasteiger partial charge on any atom is -0.350 e. The number of H-pyrrole nitrogens is 1. The van der Waals surface area contributed by atoms with Crippen molar-refractivity contribution >= 4 is 26.6 Å². The van der Waals surface area contributed by atoms with E-state index in [0.29, 0.717) is 11.4 Å². The summed E-state index contributed by atoms with van der Waals surface area (Å²) in [5, 5.41) is 3.61. The third kappa shape index (κ3) is 3.49. The Bertz CT molecular complexity index is 1200. The first-order valence-electron chi connectivity index (χ1n) is 8.50. The molecule has 8 heteroatoms. The Kier molecular flexibility index (Phi) is 4.62. The van der Waals surface area contributed by atoms with Gasteiger partial charge < -0.3 is 10.3 Å². The molecule has 7 nitrogen and oxygen atoms in total. The van der Waals surface area contributed by atoms with Gasteiger partial charge in [0.05, 0.1) is 22.0 Å². The number of carbonyl (C=O) groups is 1. The number of hydrogen-bond acceptors (Lipinski definition) is 5. The number of rotatable bonds is 5. The van der Waals surface area contributed by atoms with E-state index >= 15 is 0 Å². The zero-order chi connectivity index (χ0) is 19.6. The van der Waals surface area contributed by atoms with Crippen molar-refractivity contribution in [2.24, 2.45) is 0 Å². The molecule has 0 radical (unpaired) electrons. The van der Waals surface area contributed by atoms with Crippen molar-refractivity contribution in [1.82, 2.24) is 20.3 Å². The number of hydrogen-bond donors (Lipinski definition) is 2. The second-order valence-electron chi connectivity index (χ2n) is 6.13. The first-order chi connectivity index (χ1) is 13.5. The molecule has 0 saturated carbocycles. The van der Waals surface area contributed by atoms with Crippen LogP contribution < -0.4 is 5.32 Å². The third-order valence-electron chi connectivity index (χ3n) is 4.26. The highest BCUT2D eigenvalue weighted by Crippen LogP contribution is 2.19. The molecule has 0 saturated heterocycles. The Morgan fingerprint density at radius 2 is 1.82 bits per heavy atom. The summed E-state index contributed by atoms with van der Waals surface area (Å²) in [5.74, 6) is -0.279. The molecule has 3 aromatic heterocycles. The van der Waals surface area contributed by atoms with Gasteiger partial charge in [0.25, 0.3) is 5.91 Å². The molecule has 0 aliphatic heterocycles. The van der Waals surface area contributed by atoms with Gasteiger partial charge in [0, 0.05) is 29.5 Å². The summed E-state index contributed by atoms with van der Waals surface area (Å²) in [4.78, 5) is 23.8. The van der Waals surface area contributed by atoms with Crippen molar-refractivity contribution in [2.75, 3.05) is 0 Å². The van der Waals surface area contributed by atoms with Gasteiger partial charge >= 0.3 is 0 Å². The predicted octanol–water partition coefficient (Wildman–Crippen LogP) is 2.72. The Balaban J connectivity index is 1.45. The summed E-state index contributed by atoms with van der Waals surface area (Å²) in [6.07, 6.45) is 4.63. The molecule has 0 aliphatic rings. The summed E-state index contributed by atoms with van der Waals surface area (Å²) >= 11 is 0. The molecule has 4 aromatic rings. The van der Waals surface area contributed by atoms with Crippen molar-refractivity contribution in [3.63, 3.8) is 0 Å². The molecule has 2 N–H and O–H groups in total. The first-order valence-corrected chi connectivity index (χ1v) is 9.98. The first kappa shape index (κ1) is 17.9. The van der Waals surface area contributed by atoms with Gasteiger partial charge in [-0.1, -0.05) is 18.2 Å². The van der Waals surface area contributed by atoms with E-state index in [0.717, 1.165) is 10.9 Å². The molecule has 140 valence electrons. The van der Waals surface area contributed by atoms with E-state index in [4.69, 9.17) is 0 Å². The standard InChI is InChI=1S/C20H16N4O3S/c25-20(19-10-14-11-21-9-8-18(14)24-19)23-12-15-6-7-17(13-22-15)28(26,27)16-4-2-1-3-5-16/h1-11,13,24H,12H2,(H,23,25). The van der Waals surface area contributed by atoms with E-state index in [-0.39, 0.29) is 22.2 Å². The highest BCUT2D eigenvalue weighted by molar-refractivity contribution is 7.91. The summed E-state index contributed by atoms with van der Waals surface area (Å²) in [5.41, 5.74) is 1.80. The Labute approximate surface area is 161 Å². The average molecular weight is 392 g/mol. The fraction of sp³-hybridized carbons (Fsp3) is 0.0500. The third-order valence-corrected chi connectivity index (χ3v) is 6.01. The summed E-state index contributed by atoms with van der Waals surface area (Å²) < 4.78 is 25.1. The molecule has 28 heavy (non-hydrogen) atoms. The molecule has 4 rings (SSSR count). The van der Waals surface area contributed by atoms with Gasteiger partial charge in [0.15, 0.2) is 0 Å². The van der Waals surface area contributed by atoms with Crippen LogP contribution in [-0.2, 0) is 16.4 Å². The van der Waals surface area contributed by atoms with Crippen LogP contribution in [0.1, 0.15) is 16.2 Å². The van der Waals surface area contributed by atoms with Gasteiger partial charge in [0.1, 0.15) is 5.69 Å². The van der Waals surface area contributed by atoms with Crippen LogP contribution in [0, 0.1) is 0 Å². The van der Waals surface area contributed by atoms with E-state index in [1.807, 2.05) is 0 Å². The maximum absolute atomic E-state index is 12.6. The van der Waals surface area contributed by atoms with Crippen LogP contribution in [0.3, 0.4) is 0 Å². The van der Waals surface area contributed by atoms with Crippen LogP contribution in [0.25, 0.3) is 10.9 Å².